The number of hydrogen-bond acceptors (Lipinski definition) is 1. The molecule has 1 rings (SSSR count). The van der Waals surface area contributed by atoms with Crippen LogP contribution in [-0.2, 0) is 0 Å². The normalized spacial score (nSPS) is 17.9. The molecule has 0 saturated carbocycles. The van der Waals surface area contributed by atoms with E-state index in [0.29, 0.717) is 0 Å². The fourth-order valence-corrected chi connectivity index (χ4v) is 1.31. The molecule has 0 amide bonds. The molecule has 0 unspecified atom stereocenters. The highest BCUT2D eigenvalue weighted by molar-refractivity contribution is 5.03. The molecular formula is C9H17N. The summed E-state index contributed by atoms with van der Waals surface area (Å²) in [4.78, 5) is 0. The predicted molar refractivity (Wildman–Crippen MR) is 44.8 cm³/mol. The van der Waals surface area contributed by atoms with Crippen LogP contribution in [0.25, 0.3) is 0 Å². The lowest BCUT2D eigenvalue weighted by Gasteiger charge is -2.13. The Bertz CT molecular complexity index is 116. The lowest BCUT2D eigenvalue weighted by molar-refractivity contribution is 0.653. The quantitative estimate of drug-likeness (QED) is 0.633. The van der Waals surface area contributed by atoms with Crippen LogP contribution in [-0.4, -0.2) is 6.54 Å². The molecule has 0 aromatic rings. The summed E-state index contributed by atoms with van der Waals surface area (Å²) in [6.07, 6.45) is 8.84. The van der Waals surface area contributed by atoms with Crippen LogP contribution in [0.1, 0.15) is 39.0 Å². The summed E-state index contributed by atoms with van der Waals surface area (Å²) in [7, 11) is 0. The third kappa shape index (κ3) is 2.42. The molecule has 0 aliphatic carbocycles. The second-order valence-electron chi connectivity index (χ2n) is 2.96. The summed E-state index contributed by atoms with van der Waals surface area (Å²) in [6, 6.07) is 0. The van der Waals surface area contributed by atoms with Crippen LogP contribution >= 0.6 is 0 Å². The fourth-order valence-electron chi connectivity index (χ4n) is 1.31. The van der Waals surface area contributed by atoms with Crippen molar-refractivity contribution in [3.8, 4) is 0 Å². The fraction of sp³-hybridized carbons (Fsp3) is 0.778. The summed E-state index contributed by atoms with van der Waals surface area (Å²) in [5, 5.41) is 3.28. The van der Waals surface area contributed by atoms with Crippen molar-refractivity contribution in [1.29, 1.82) is 0 Å². The lowest BCUT2D eigenvalue weighted by Crippen LogP contribution is -2.13. The molecule has 0 fully saturated rings. The van der Waals surface area contributed by atoms with Gasteiger partial charge >= 0.3 is 0 Å². The molecule has 10 heavy (non-hydrogen) atoms. The van der Waals surface area contributed by atoms with Crippen LogP contribution in [0, 0.1) is 0 Å². The molecule has 0 bridgehead atoms. The van der Waals surface area contributed by atoms with E-state index in [1.807, 2.05) is 0 Å². The molecule has 58 valence electrons. The molecule has 0 atom stereocenters. The Hall–Kier alpha value is -0.460. The second kappa shape index (κ2) is 4.37. The number of hydrogen-bond donors (Lipinski definition) is 1. The Morgan fingerprint density at radius 2 is 2.50 bits per heavy atom. The zero-order chi connectivity index (χ0) is 7.23. The van der Waals surface area contributed by atoms with Crippen LogP contribution in [0.2, 0.25) is 0 Å². The Labute approximate surface area is 63.5 Å². The van der Waals surface area contributed by atoms with Crippen LogP contribution < -0.4 is 5.32 Å². The van der Waals surface area contributed by atoms with Gasteiger partial charge in [0.2, 0.25) is 0 Å². The maximum Gasteiger partial charge on any atom is 0.0144 e. The van der Waals surface area contributed by atoms with Crippen molar-refractivity contribution in [3.63, 3.8) is 0 Å². The van der Waals surface area contributed by atoms with Crippen molar-refractivity contribution in [2.45, 2.75) is 39.0 Å². The van der Waals surface area contributed by atoms with E-state index in [0.717, 1.165) is 0 Å². The van der Waals surface area contributed by atoms with Crippen molar-refractivity contribution in [2.24, 2.45) is 0 Å². The van der Waals surface area contributed by atoms with Crippen LogP contribution in [0.4, 0.5) is 0 Å². The average Bonchev–Trinajstić information content (AvgIpc) is 2.03. The Kier molecular flexibility index (Phi) is 3.34. The van der Waals surface area contributed by atoms with Gasteiger partial charge in [-0.3, -0.25) is 0 Å². The first-order valence-electron chi connectivity index (χ1n) is 4.35. The summed E-state index contributed by atoms with van der Waals surface area (Å²) in [6.45, 7) is 3.42. The van der Waals surface area contributed by atoms with Gasteiger partial charge in [-0.1, -0.05) is 18.9 Å². The highest BCUT2D eigenvalue weighted by atomic mass is 14.8. The van der Waals surface area contributed by atoms with E-state index in [4.69, 9.17) is 0 Å². The molecule has 0 radical (unpaired) electrons. The molecular weight excluding hydrogens is 122 g/mol. The molecule has 1 heteroatoms. The van der Waals surface area contributed by atoms with E-state index in [9.17, 15) is 0 Å². The van der Waals surface area contributed by atoms with E-state index >= 15 is 0 Å². The summed E-state index contributed by atoms with van der Waals surface area (Å²) in [5.74, 6) is 0. The van der Waals surface area contributed by atoms with Gasteiger partial charge in [0.15, 0.2) is 0 Å². The predicted octanol–water partition coefficient (Wildman–Crippen LogP) is 2.44. The van der Waals surface area contributed by atoms with Gasteiger partial charge < -0.3 is 5.32 Å². The minimum absolute atomic E-state index is 1.18. The first-order valence-corrected chi connectivity index (χ1v) is 4.35. The molecule has 0 aromatic carbocycles. The highest BCUT2D eigenvalue weighted by Crippen LogP contribution is 2.14. The van der Waals surface area contributed by atoms with Gasteiger partial charge in [0, 0.05) is 6.54 Å². The highest BCUT2D eigenvalue weighted by Gasteiger charge is 2.00. The van der Waals surface area contributed by atoms with Gasteiger partial charge in [-0.2, -0.15) is 0 Å². The molecule has 1 aliphatic rings. The van der Waals surface area contributed by atoms with Crippen molar-refractivity contribution >= 4 is 0 Å². The summed E-state index contributed by atoms with van der Waals surface area (Å²) >= 11 is 0. The summed E-state index contributed by atoms with van der Waals surface area (Å²) in [5.41, 5.74) is 1.62. The van der Waals surface area contributed by atoms with E-state index in [1.54, 1.807) is 5.57 Å². The Balaban J connectivity index is 2.18. The Morgan fingerprint density at radius 1 is 1.60 bits per heavy atom. The monoisotopic (exact) mass is 139 g/mol. The van der Waals surface area contributed by atoms with Crippen LogP contribution in [0.15, 0.2) is 11.8 Å². The molecule has 0 aromatic heterocycles. The minimum Gasteiger partial charge on any atom is -0.391 e. The molecule has 0 saturated heterocycles. The standard InChI is InChI=1S/C9H17N/c1-2-3-5-9-6-4-7-10-8-9/h8,10H,2-7H2,1H3. The average molecular weight is 139 g/mol. The van der Waals surface area contributed by atoms with Crippen molar-refractivity contribution < 1.29 is 0 Å². The van der Waals surface area contributed by atoms with Crippen LogP contribution in [0.3, 0.4) is 0 Å². The van der Waals surface area contributed by atoms with E-state index in [-0.39, 0.29) is 0 Å². The second-order valence-corrected chi connectivity index (χ2v) is 2.96. The topological polar surface area (TPSA) is 12.0 Å². The smallest absolute Gasteiger partial charge is 0.0144 e. The molecule has 1 N–H and O–H groups in total. The molecule has 0 spiro atoms. The zero-order valence-corrected chi connectivity index (χ0v) is 6.82. The number of unbranched alkanes of at least 4 members (excludes halogenated alkanes) is 1. The first kappa shape index (κ1) is 7.64. The van der Waals surface area contributed by atoms with Crippen LogP contribution in [0.5, 0.6) is 0 Å². The SMILES string of the molecule is CCCCC1=CNCCC1. The van der Waals surface area contributed by atoms with Gasteiger partial charge in [-0.15, -0.1) is 0 Å². The maximum atomic E-state index is 3.28. The van der Waals surface area contributed by atoms with Gasteiger partial charge in [-0.05, 0) is 31.9 Å². The molecule has 1 aliphatic heterocycles. The number of nitrogens with one attached hydrogen (secondary N) is 1. The largest absolute Gasteiger partial charge is 0.391 e. The third-order valence-corrected chi connectivity index (χ3v) is 1.98. The Morgan fingerprint density at radius 3 is 3.10 bits per heavy atom. The number of rotatable bonds is 3. The first-order chi connectivity index (χ1) is 4.93. The van der Waals surface area contributed by atoms with Gasteiger partial charge in [0.1, 0.15) is 0 Å². The number of allylic oxidation sites excluding steroid dienone is 1. The van der Waals surface area contributed by atoms with Crippen molar-refractivity contribution in [2.75, 3.05) is 6.54 Å². The minimum atomic E-state index is 1.18. The summed E-state index contributed by atoms with van der Waals surface area (Å²) < 4.78 is 0. The third-order valence-electron chi connectivity index (χ3n) is 1.98. The van der Waals surface area contributed by atoms with Gasteiger partial charge in [0.25, 0.3) is 0 Å². The molecule has 1 heterocycles. The maximum absolute atomic E-state index is 3.28. The lowest BCUT2D eigenvalue weighted by atomic mass is 10.0. The van der Waals surface area contributed by atoms with Crippen molar-refractivity contribution in [1.82, 2.24) is 5.32 Å². The van der Waals surface area contributed by atoms with E-state index in [2.05, 4.69) is 18.4 Å². The van der Waals surface area contributed by atoms with Gasteiger partial charge in [-0.25, -0.2) is 0 Å². The zero-order valence-electron chi connectivity index (χ0n) is 6.82. The van der Waals surface area contributed by atoms with E-state index < -0.39 is 0 Å². The van der Waals surface area contributed by atoms with Gasteiger partial charge in [0.05, 0.1) is 0 Å². The molecule has 1 nitrogen and oxygen atoms in total. The van der Waals surface area contributed by atoms with Crippen molar-refractivity contribution in [3.05, 3.63) is 11.8 Å². The van der Waals surface area contributed by atoms with E-state index in [1.165, 1.54) is 38.6 Å².